The average Bonchev–Trinajstić information content (AvgIpc) is 2.47. The second kappa shape index (κ2) is 7.42. The molecule has 0 aliphatic heterocycles. The van der Waals surface area contributed by atoms with Gasteiger partial charge in [-0.1, -0.05) is 0 Å². The Hall–Kier alpha value is -1.10. The molecule has 0 unspecified atom stereocenters. The van der Waals surface area contributed by atoms with E-state index in [-0.39, 0.29) is 0 Å². The van der Waals surface area contributed by atoms with Gasteiger partial charge in [0.2, 0.25) is 0 Å². The van der Waals surface area contributed by atoms with Gasteiger partial charge in [-0.25, -0.2) is 0 Å². The fraction of sp³-hybridized carbons (Fsp3) is 0. The molecule has 0 amide bonds. The predicted molar refractivity (Wildman–Crippen MR) is 96.5 cm³/mol. The molecule has 0 bridgehead atoms. The Labute approximate surface area is 157 Å². The fourth-order valence-corrected chi connectivity index (χ4v) is 8.76. The van der Waals surface area contributed by atoms with Gasteiger partial charge in [0.05, 0.1) is 0 Å². The normalized spacial score (nSPS) is 11.1. The summed E-state index contributed by atoms with van der Waals surface area (Å²) < 4.78 is 57.5. The fourth-order valence-electron chi connectivity index (χ4n) is 2.27. The number of hydrogen-bond donors (Lipinski definition) is 0. The van der Waals surface area contributed by atoms with Crippen LogP contribution >= 0.6 is 22.6 Å². The molecular weight excluding hydrogens is 547 g/mol. The molecule has 0 saturated heterocycles. The molecule has 122 valence electrons. The van der Waals surface area contributed by atoms with E-state index in [0.717, 1.165) is 19.3 Å². The van der Waals surface area contributed by atoms with Crippen molar-refractivity contribution in [2.75, 3.05) is 0 Å². The van der Waals surface area contributed by atoms with E-state index < -0.39 is 42.8 Å². The van der Waals surface area contributed by atoms with Crippen molar-refractivity contribution in [1.82, 2.24) is 0 Å². The van der Waals surface area contributed by atoms with Crippen LogP contribution < -0.4 is 10.8 Å². The van der Waals surface area contributed by atoms with Gasteiger partial charge in [0.15, 0.2) is 0 Å². The van der Waals surface area contributed by atoms with Crippen molar-refractivity contribution in [2.45, 2.75) is 0 Å². The molecule has 0 aliphatic carbocycles. The second-order valence-corrected chi connectivity index (χ2v) is 12.0. The van der Waals surface area contributed by atoms with Crippen molar-refractivity contribution in [3.8, 4) is 0 Å². The summed E-state index contributed by atoms with van der Waals surface area (Å²) in [5.74, 6) is -2.78. The molecule has 0 spiro atoms. The molecule has 6 heteroatoms. The van der Waals surface area contributed by atoms with E-state index in [1.165, 1.54) is 24.3 Å². The van der Waals surface area contributed by atoms with Crippen molar-refractivity contribution < 1.29 is 17.6 Å². The molecule has 0 heterocycles. The Kier molecular flexibility index (Phi) is 5.48. The van der Waals surface area contributed by atoms with E-state index in [2.05, 4.69) is 22.6 Å². The zero-order chi connectivity index (χ0) is 17.3. The number of hydrogen-bond acceptors (Lipinski definition) is 0. The molecule has 0 saturated carbocycles. The van der Waals surface area contributed by atoms with Crippen LogP contribution in [0.3, 0.4) is 0 Å². The summed E-state index contributed by atoms with van der Waals surface area (Å²) in [7, 11) is 0. The summed E-state index contributed by atoms with van der Waals surface area (Å²) in [5, 5.41) is 0. The third-order valence-corrected chi connectivity index (χ3v) is 10.1. The summed E-state index contributed by atoms with van der Waals surface area (Å²) in [4.78, 5) is 0. The van der Waals surface area contributed by atoms with Gasteiger partial charge >= 0.3 is 158 Å². The third kappa shape index (κ3) is 4.11. The summed E-state index contributed by atoms with van der Waals surface area (Å²) in [6, 6.07) is 14.0. The molecule has 0 nitrogen and oxygen atoms in total. The third-order valence-electron chi connectivity index (χ3n) is 3.19. The van der Waals surface area contributed by atoms with Gasteiger partial charge < -0.3 is 0 Å². The molecule has 0 aromatic heterocycles. The SMILES string of the molecule is Fc1cc(F)cc([Te+](c2ccc(I)cc2)c2cc(F)cc(F)c2)c1. The topological polar surface area (TPSA) is 0 Å². The zero-order valence-electron chi connectivity index (χ0n) is 12.1. The quantitative estimate of drug-likeness (QED) is 0.264. The summed E-state index contributed by atoms with van der Waals surface area (Å²) in [6.07, 6.45) is 0. The van der Waals surface area contributed by atoms with Crippen molar-refractivity contribution in [1.29, 1.82) is 0 Å². The molecule has 24 heavy (non-hydrogen) atoms. The number of halogens is 5. The average molecular weight is 557 g/mol. The van der Waals surface area contributed by atoms with E-state index in [9.17, 15) is 17.6 Å². The maximum atomic E-state index is 13.7. The van der Waals surface area contributed by atoms with Crippen LogP contribution in [0, 0.1) is 26.8 Å². The van der Waals surface area contributed by atoms with Crippen LogP contribution in [0.1, 0.15) is 0 Å². The molecule has 0 atom stereocenters. The van der Waals surface area contributed by atoms with E-state index in [1.807, 2.05) is 24.3 Å². The van der Waals surface area contributed by atoms with Crippen LogP contribution in [0.15, 0.2) is 60.7 Å². The van der Waals surface area contributed by atoms with Crippen LogP contribution in [0.4, 0.5) is 17.6 Å². The first-order chi connectivity index (χ1) is 11.4. The molecule has 0 radical (unpaired) electrons. The van der Waals surface area contributed by atoms with Crippen molar-refractivity contribution in [3.63, 3.8) is 0 Å². The van der Waals surface area contributed by atoms with E-state index >= 15 is 0 Å². The second-order valence-electron chi connectivity index (χ2n) is 4.97. The first-order valence-electron chi connectivity index (χ1n) is 6.84. The Morgan fingerprint density at radius 2 is 0.917 bits per heavy atom. The van der Waals surface area contributed by atoms with Gasteiger partial charge in [0.25, 0.3) is 0 Å². The first kappa shape index (κ1) is 17.7. The summed E-state index contributed by atoms with van der Waals surface area (Å²) in [6.45, 7) is 0. The van der Waals surface area contributed by atoms with E-state index in [1.54, 1.807) is 0 Å². The van der Waals surface area contributed by atoms with Gasteiger partial charge in [-0.05, 0) is 0 Å². The minimum atomic E-state index is -2.79. The van der Waals surface area contributed by atoms with Crippen LogP contribution in [-0.4, -0.2) is 19.6 Å². The van der Waals surface area contributed by atoms with Crippen molar-refractivity contribution in [2.24, 2.45) is 0 Å². The van der Waals surface area contributed by atoms with Crippen LogP contribution in [-0.2, 0) is 0 Å². The van der Waals surface area contributed by atoms with Crippen LogP contribution in [0.2, 0.25) is 0 Å². The van der Waals surface area contributed by atoms with Gasteiger partial charge in [0, 0.05) is 0 Å². The van der Waals surface area contributed by atoms with E-state index in [0.29, 0.717) is 7.22 Å². The van der Waals surface area contributed by atoms with Crippen LogP contribution in [0.25, 0.3) is 0 Å². The zero-order valence-corrected chi connectivity index (χ0v) is 16.6. The molecule has 3 rings (SSSR count). The van der Waals surface area contributed by atoms with Crippen molar-refractivity contribution in [3.05, 3.63) is 87.5 Å². The Morgan fingerprint density at radius 1 is 0.542 bits per heavy atom. The van der Waals surface area contributed by atoms with Gasteiger partial charge in [-0.3, -0.25) is 0 Å². The van der Waals surface area contributed by atoms with Gasteiger partial charge in [-0.15, -0.1) is 0 Å². The van der Waals surface area contributed by atoms with Gasteiger partial charge in [0.1, 0.15) is 0 Å². The Morgan fingerprint density at radius 3 is 1.29 bits per heavy atom. The minimum absolute atomic E-state index is 0.460. The Bertz CT molecular complexity index is 789. The van der Waals surface area contributed by atoms with Crippen LogP contribution in [0.5, 0.6) is 0 Å². The predicted octanol–water partition coefficient (Wildman–Crippen LogP) is 3.36. The van der Waals surface area contributed by atoms with Crippen molar-refractivity contribution >= 4 is 53.0 Å². The summed E-state index contributed by atoms with van der Waals surface area (Å²) >= 11 is -0.641. The molecule has 0 N–H and O–H groups in total. The first-order valence-corrected chi connectivity index (χ1v) is 11.4. The number of benzene rings is 3. The monoisotopic (exact) mass is 559 g/mol. The standard InChI is InChI=1S/C18H10F4ITe/c19-11-5-12(20)8-17(7-11)24(16-3-1-15(23)2-4-16)18-9-13(21)6-14(22)10-18/h1-10H/q+1. The maximum absolute atomic E-state index is 13.7. The van der Waals surface area contributed by atoms with Gasteiger partial charge in [-0.2, -0.15) is 0 Å². The molecule has 0 aliphatic rings. The Balaban J connectivity index is 2.21. The molecule has 3 aromatic rings. The van der Waals surface area contributed by atoms with E-state index in [4.69, 9.17) is 0 Å². The number of rotatable bonds is 3. The summed E-state index contributed by atoms with van der Waals surface area (Å²) in [5.41, 5.74) is 0. The molecule has 0 fully saturated rings. The molecule has 3 aromatic carbocycles. The molecular formula is C18H10F4ITe+.